The molecule has 0 saturated heterocycles. The fourth-order valence-corrected chi connectivity index (χ4v) is 1.60. The van der Waals surface area contributed by atoms with Gasteiger partial charge in [-0.2, -0.15) is 0 Å². The summed E-state index contributed by atoms with van der Waals surface area (Å²) in [6, 6.07) is 0. The van der Waals surface area contributed by atoms with Crippen molar-refractivity contribution in [2.75, 3.05) is 0 Å². The van der Waals surface area contributed by atoms with E-state index < -0.39 is 0 Å². The maximum Gasteiger partial charge on any atom is 0.302 e. The topological polar surface area (TPSA) is 26.3 Å². The number of ether oxygens (including phenoxy) is 1. The highest BCUT2D eigenvalue weighted by Gasteiger charge is 2.02. The SMILES string of the molecule is CCCCCC/C=C\CC[C@@H](C)OC(C)=O. The molecule has 0 amide bonds. The summed E-state index contributed by atoms with van der Waals surface area (Å²) in [5.74, 6) is -0.184. The maximum absolute atomic E-state index is 10.6. The fourth-order valence-electron chi connectivity index (χ4n) is 1.60. The van der Waals surface area contributed by atoms with Crippen LogP contribution in [0.15, 0.2) is 12.2 Å². The highest BCUT2D eigenvalue weighted by molar-refractivity contribution is 5.66. The number of carbonyl (C=O) groups is 1. The predicted molar refractivity (Wildman–Crippen MR) is 68.4 cm³/mol. The van der Waals surface area contributed by atoms with Crippen molar-refractivity contribution < 1.29 is 9.53 Å². The van der Waals surface area contributed by atoms with Crippen LogP contribution in [-0.4, -0.2) is 12.1 Å². The zero-order valence-corrected chi connectivity index (χ0v) is 11.0. The number of rotatable bonds is 9. The molecule has 16 heavy (non-hydrogen) atoms. The van der Waals surface area contributed by atoms with Gasteiger partial charge in [0.05, 0.1) is 6.10 Å². The Morgan fingerprint density at radius 2 is 1.88 bits per heavy atom. The molecule has 0 N–H and O–H groups in total. The van der Waals surface area contributed by atoms with Gasteiger partial charge in [-0.15, -0.1) is 0 Å². The largest absolute Gasteiger partial charge is 0.463 e. The number of hydrogen-bond donors (Lipinski definition) is 0. The van der Waals surface area contributed by atoms with Crippen molar-refractivity contribution in [2.45, 2.75) is 71.8 Å². The van der Waals surface area contributed by atoms with E-state index in [9.17, 15) is 4.79 Å². The Morgan fingerprint density at radius 1 is 1.19 bits per heavy atom. The first kappa shape index (κ1) is 15.2. The molecule has 1 atom stereocenters. The molecule has 0 saturated carbocycles. The summed E-state index contributed by atoms with van der Waals surface area (Å²) >= 11 is 0. The average Bonchev–Trinajstić information content (AvgIpc) is 2.21. The Hall–Kier alpha value is -0.790. The van der Waals surface area contributed by atoms with Crippen LogP contribution in [0.5, 0.6) is 0 Å². The molecule has 0 bridgehead atoms. The third-order valence-electron chi connectivity index (χ3n) is 2.50. The molecular formula is C14H26O2. The van der Waals surface area contributed by atoms with Crippen molar-refractivity contribution in [1.82, 2.24) is 0 Å². The Labute approximate surface area is 100 Å². The van der Waals surface area contributed by atoms with Crippen LogP contribution in [0.2, 0.25) is 0 Å². The summed E-state index contributed by atoms with van der Waals surface area (Å²) in [6.07, 6.45) is 12.9. The van der Waals surface area contributed by atoms with Crippen molar-refractivity contribution in [2.24, 2.45) is 0 Å². The number of hydrogen-bond acceptors (Lipinski definition) is 2. The predicted octanol–water partition coefficient (Wildman–Crippen LogP) is 4.24. The first-order valence-corrected chi connectivity index (χ1v) is 6.49. The third kappa shape index (κ3) is 11.3. The van der Waals surface area contributed by atoms with Gasteiger partial charge in [-0.1, -0.05) is 38.3 Å². The van der Waals surface area contributed by atoms with Gasteiger partial charge in [-0.3, -0.25) is 4.79 Å². The summed E-state index contributed by atoms with van der Waals surface area (Å²) in [5, 5.41) is 0. The van der Waals surface area contributed by atoms with Gasteiger partial charge >= 0.3 is 5.97 Å². The lowest BCUT2D eigenvalue weighted by Gasteiger charge is -2.09. The van der Waals surface area contributed by atoms with Crippen molar-refractivity contribution in [3.05, 3.63) is 12.2 Å². The molecule has 94 valence electrons. The molecule has 0 unspecified atom stereocenters. The molecule has 0 aliphatic rings. The van der Waals surface area contributed by atoms with E-state index in [1.807, 2.05) is 6.92 Å². The molecule has 0 aliphatic carbocycles. The third-order valence-corrected chi connectivity index (χ3v) is 2.50. The van der Waals surface area contributed by atoms with E-state index >= 15 is 0 Å². The van der Waals surface area contributed by atoms with Gasteiger partial charge in [-0.05, 0) is 32.6 Å². The van der Waals surface area contributed by atoms with Gasteiger partial charge in [0.2, 0.25) is 0 Å². The Bertz CT molecular complexity index is 197. The average molecular weight is 226 g/mol. The monoisotopic (exact) mass is 226 g/mol. The summed E-state index contributed by atoms with van der Waals surface area (Å²) in [6.45, 7) is 5.63. The van der Waals surface area contributed by atoms with Crippen LogP contribution in [0, 0.1) is 0 Å². The van der Waals surface area contributed by atoms with Crippen LogP contribution in [0.4, 0.5) is 0 Å². The molecule has 0 rings (SSSR count). The normalized spacial score (nSPS) is 12.9. The van der Waals surface area contributed by atoms with E-state index in [-0.39, 0.29) is 12.1 Å². The Balaban J connectivity index is 3.29. The van der Waals surface area contributed by atoms with E-state index in [4.69, 9.17) is 4.74 Å². The number of carbonyl (C=O) groups excluding carboxylic acids is 1. The lowest BCUT2D eigenvalue weighted by Crippen LogP contribution is -2.11. The van der Waals surface area contributed by atoms with Gasteiger partial charge in [-0.25, -0.2) is 0 Å². The minimum atomic E-state index is -0.184. The second kappa shape index (κ2) is 10.7. The first-order valence-electron chi connectivity index (χ1n) is 6.49. The second-order valence-corrected chi connectivity index (χ2v) is 4.32. The zero-order chi connectivity index (χ0) is 12.2. The van der Waals surface area contributed by atoms with Crippen LogP contribution in [0.3, 0.4) is 0 Å². The quantitative estimate of drug-likeness (QED) is 0.334. The summed E-state index contributed by atoms with van der Waals surface area (Å²) in [5.41, 5.74) is 0. The molecule has 0 aliphatic heterocycles. The fraction of sp³-hybridized carbons (Fsp3) is 0.786. The van der Waals surface area contributed by atoms with Crippen molar-refractivity contribution in [1.29, 1.82) is 0 Å². The lowest BCUT2D eigenvalue weighted by molar-refractivity contribution is -0.145. The number of unbranched alkanes of at least 4 members (excludes halogenated alkanes) is 4. The smallest absolute Gasteiger partial charge is 0.302 e. The Kier molecular flexibility index (Phi) is 10.2. The molecule has 2 nitrogen and oxygen atoms in total. The molecule has 2 heteroatoms. The summed E-state index contributed by atoms with van der Waals surface area (Å²) < 4.78 is 5.04. The maximum atomic E-state index is 10.6. The molecule has 0 radical (unpaired) electrons. The lowest BCUT2D eigenvalue weighted by atomic mass is 10.1. The molecule has 0 aromatic carbocycles. The Morgan fingerprint density at radius 3 is 2.50 bits per heavy atom. The molecule has 0 fully saturated rings. The van der Waals surface area contributed by atoms with Gasteiger partial charge in [0.25, 0.3) is 0 Å². The van der Waals surface area contributed by atoms with E-state index in [1.54, 1.807) is 0 Å². The van der Waals surface area contributed by atoms with Crippen LogP contribution in [-0.2, 0) is 9.53 Å². The summed E-state index contributed by atoms with van der Waals surface area (Å²) in [7, 11) is 0. The minimum absolute atomic E-state index is 0.0437. The van der Waals surface area contributed by atoms with Crippen LogP contribution in [0.25, 0.3) is 0 Å². The molecule has 0 aromatic rings. The number of allylic oxidation sites excluding steroid dienone is 2. The standard InChI is InChI=1S/C14H26O2/c1-4-5-6-7-8-9-10-11-12-13(2)16-14(3)15/h9-10,13H,4-8,11-12H2,1-3H3/b10-9-/t13-/m1/s1. The van der Waals surface area contributed by atoms with Crippen LogP contribution >= 0.6 is 0 Å². The van der Waals surface area contributed by atoms with Crippen LogP contribution < -0.4 is 0 Å². The minimum Gasteiger partial charge on any atom is -0.463 e. The zero-order valence-electron chi connectivity index (χ0n) is 11.0. The van der Waals surface area contributed by atoms with Crippen molar-refractivity contribution >= 4 is 5.97 Å². The van der Waals surface area contributed by atoms with Gasteiger partial charge in [0.15, 0.2) is 0 Å². The highest BCUT2D eigenvalue weighted by atomic mass is 16.5. The van der Waals surface area contributed by atoms with Crippen LogP contribution in [0.1, 0.15) is 65.7 Å². The summed E-state index contributed by atoms with van der Waals surface area (Å²) in [4.78, 5) is 10.6. The van der Waals surface area contributed by atoms with Gasteiger partial charge < -0.3 is 4.74 Å². The van der Waals surface area contributed by atoms with E-state index in [0.717, 1.165) is 12.8 Å². The van der Waals surface area contributed by atoms with E-state index in [2.05, 4.69) is 19.1 Å². The molecular weight excluding hydrogens is 200 g/mol. The van der Waals surface area contributed by atoms with Gasteiger partial charge in [0.1, 0.15) is 0 Å². The highest BCUT2D eigenvalue weighted by Crippen LogP contribution is 2.06. The van der Waals surface area contributed by atoms with E-state index in [1.165, 1.54) is 39.0 Å². The first-order chi connectivity index (χ1) is 7.66. The number of esters is 1. The van der Waals surface area contributed by atoms with Crippen molar-refractivity contribution in [3.8, 4) is 0 Å². The molecule has 0 spiro atoms. The van der Waals surface area contributed by atoms with E-state index in [0.29, 0.717) is 0 Å². The molecule has 0 heterocycles. The van der Waals surface area contributed by atoms with Gasteiger partial charge in [0, 0.05) is 6.92 Å². The molecule has 0 aromatic heterocycles. The second-order valence-electron chi connectivity index (χ2n) is 4.32. The van der Waals surface area contributed by atoms with Crippen molar-refractivity contribution in [3.63, 3.8) is 0 Å².